The van der Waals surface area contributed by atoms with Crippen LogP contribution in [-0.4, -0.2) is 42.7 Å². The number of carbonyl (C=O) groups excluding carboxylic acids is 1. The van der Waals surface area contributed by atoms with Gasteiger partial charge in [0.25, 0.3) is 0 Å². The second-order valence-corrected chi connectivity index (χ2v) is 8.92. The quantitative estimate of drug-likeness (QED) is 0.572. The second-order valence-electron chi connectivity index (χ2n) is 8.92. The topological polar surface area (TPSA) is 60.9 Å². The monoisotopic (exact) mass is 438 g/mol. The molecule has 0 N–H and O–H groups in total. The molecule has 0 bridgehead atoms. The largest absolute Gasteiger partial charge is 0.493 e. The summed E-state index contributed by atoms with van der Waals surface area (Å²) < 4.78 is 17.1. The molecule has 172 valence electrons. The molecule has 4 rings (SSSR count). The lowest BCUT2D eigenvalue weighted by molar-refractivity contribution is -0.137. The third-order valence-electron chi connectivity index (χ3n) is 6.46. The fraction of sp³-hybridized carbons (Fsp3) is 0.538. The molecule has 1 aliphatic heterocycles. The Hall–Kier alpha value is -2.60. The number of hydrogen-bond acceptors (Lipinski definition) is 5. The highest BCUT2D eigenvalue weighted by Gasteiger charge is 2.26. The summed E-state index contributed by atoms with van der Waals surface area (Å²) in [6.07, 6.45) is 10.1. The first-order valence-electron chi connectivity index (χ1n) is 11.8. The van der Waals surface area contributed by atoms with Crippen LogP contribution in [0.2, 0.25) is 0 Å². The number of ether oxygens (including phenoxy) is 3. The molecule has 1 atom stereocenters. The Balaban J connectivity index is 1.50. The van der Waals surface area contributed by atoms with E-state index in [1.807, 2.05) is 41.4 Å². The van der Waals surface area contributed by atoms with Gasteiger partial charge in [-0.15, -0.1) is 0 Å². The van der Waals surface area contributed by atoms with E-state index >= 15 is 0 Å². The fourth-order valence-electron chi connectivity index (χ4n) is 4.61. The van der Waals surface area contributed by atoms with Crippen molar-refractivity contribution in [2.24, 2.45) is 11.8 Å². The van der Waals surface area contributed by atoms with E-state index in [9.17, 15) is 4.79 Å². The van der Waals surface area contributed by atoms with Gasteiger partial charge in [0, 0.05) is 43.9 Å². The van der Waals surface area contributed by atoms with Gasteiger partial charge in [0.15, 0.2) is 11.5 Å². The molecule has 32 heavy (non-hydrogen) atoms. The molecule has 0 radical (unpaired) electrons. The summed E-state index contributed by atoms with van der Waals surface area (Å²) in [5, 5.41) is 0. The van der Waals surface area contributed by atoms with Crippen LogP contribution in [0.25, 0.3) is 0 Å². The average Bonchev–Trinajstić information content (AvgIpc) is 3.37. The maximum Gasteiger partial charge on any atom is 0.226 e. The van der Waals surface area contributed by atoms with E-state index in [2.05, 4.69) is 4.98 Å². The summed E-state index contributed by atoms with van der Waals surface area (Å²) >= 11 is 0. The van der Waals surface area contributed by atoms with Crippen LogP contribution >= 0.6 is 0 Å². The van der Waals surface area contributed by atoms with Gasteiger partial charge in [-0.25, -0.2) is 0 Å². The van der Waals surface area contributed by atoms with Crippen molar-refractivity contribution < 1.29 is 19.0 Å². The Morgan fingerprint density at radius 3 is 2.66 bits per heavy atom. The molecule has 1 saturated heterocycles. The van der Waals surface area contributed by atoms with Crippen LogP contribution in [0.15, 0.2) is 42.7 Å². The third-order valence-corrected chi connectivity index (χ3v) is 6.46. The number of pyridine rings is 1. The molecule has 2 aliphatic rings. The number of hydrogen-bond donors (Lipinski definition) is 0. The first-order chi connectivity index (χ1) is 15.7. The predicted octanol–water partition coefficient (Wildman–Crippen LogP) is 4.61. The molecule has 1 amide bonds. The Bertz CT molecular complexity index is 861. The molecule has 2 heterocycles. The van der Waals surface area contributed by atoms with Crippen LogP contribution in [0.3, 0.4) is 0 Å². The molecular weight excluding hydrogens is 404 g/mol. The number of rotatable bonds is 9. The first-order valence-corrected chi connectivity index (χ1v) is 11.8. The standard InChI is InChI=1S/C26H34N2O4/c1-30-24-10-9-20(14-25(24)32-19-22-11-13-31-18-22)16-28(17-21-6-5-12-27-15-21)26(29)23-7-3-2-4-8-23/h5-6,9-10,12,14-15,22-23H,2-4,7-8,11,13,16-19H2,1H3. The lowest BCUT2D eigenvalue weighted by atomic mass is 9.88. The zero-order chi connectivity index (χ0) is 22.2. The van der Waals surface area contributed by atoms with Crippen molar-refractivity contribution in [1.29, 1.82) is 0 Å². The van der Waals surface area contributed by atoms with Crippen LogP contribution < -0.4 is 9.47 Å². The molecule has 6 nitrogen and oxygen atoms in total. The molecule has 1 aromatic heterocycles. The molecule has 1 aromatic carbocycles. The van der Waals surface area contributed by atoms with Crippen molar-refractivity contribution in [3.05, 3.63) is 53.9 Å². The molecule has 2 fully saturated rings. The van der Waals surface area contributed by atoms with Crippen molar-refractivity contribution in [3.63, 3.8) is 0 Å². The van der Waals surface area contributed by atoms with Gasteiger partial charge in [0.2, 0.25) is 5.91 Å². The molecule has 2 aromatic rings. The van der Waals surface area contributed by atoms with Crippen LogP contribution in [0.1, 0.15) is 49.7 Å². The van der Waals surface area contributed by atoms with E-state index < -0.39 is 0 Å². The van der Waals surface area contributed by atoms with Gasteiger partial charge in [-0.1, -0.05) is 31.4 Å². The molecule has 0 spiro atoms. The minimum Gasteiger partial charge on any atom is -0.493 e. The van der Waals surface area contributed by atoms with E-state index in [0.29, 0.717) is 31.4 Å². The molecule has 1 unspecified atom stereocenters. The highest BCUT2D eigenvalue weighted by atomic mass is 16.5. The summed E-state index contributed by atoms with van der Waals surface area (Å²) in [5.41, 5.74) is 2.08. The Morgan fingerprint density at radius 1 is 1.09 bits per heavy atom. The minimum atomic E-state index is 0.122. The molecule has 6 heteroatoms. The summed E-state index contributed by atoms with van der Waals surface area (Å²) in [6.45, 7) is 3.26. The third kappa shape index (κ3) is 6.00. The first kappa shape index (κ1) is 22.6. The number of benzene rings is 1. The Kier molecular flexibility index (Phi) is 7.99. The van der Waals surface area contributed by atoms with Crippen LogP contribution in [0, 0.1) is 11.8 Å². The number of nitrogens with zero attached hydrogens (tertiary/aromatic N) is 2. The Labute approximate surface area is 190 Å². The van der Waals surface area contributed by atoms with Gasteiger partial charge in [-0.3, -0.25) is 9.78 Å². The molecule has 1 aliphatic carbocycles. The Morgan fingerprint density at radius 2 is 1.94 bits per heavy atom. The van der Waals surface area contributed by atoms with E-state index in [1.165, 1.54) is 6.42 Å². The minimum absolute atomic E-state index is 0.122. The van der Waals surface area contributed by atoms with Crippen molar-refractivity contribution >= 4 is 5.91 Å². The van der Waals surface area contributed by atoms with Crippen LogP contribution in [0.5, 0.6) is 11.5 Å². The predicted molar refractivity (Wildman–Crippen MR) is 122 cm³/mol. The maximum atomic E-state index is 13.5. The number of methoxy groups -OCH3 is 1. The maximum absolute atomic E-state index is 13.5. The van der Waals surface area contributed by atoms with Gasteiger partial charge >= 0.3 is 0 Å². The van der Waals surface area contributed by atoms with Crippen LogP contribution in [0.4, 0.5) is 0 Å². The summed E-state index contributed by atoms with van der Waals surface area (Å²) in [7, 11) is 1.65. The van der Waals surface area contributed by atoms with E-state index in [-0.39, 0.29) is 11.8 Å². The van der Waals surface area contributed by atoms with Crippen molar-refractivity contribution in [3.8, 4) is 11.5 Å². The smallest absolute Gasteiger partial charge is 0.226 e. The van der Waals surface area contributed by atoms with E-state index in [0.717, 1.165) is 62.2 Å². The number of aromatic nitrogens is 1. The fourth-order valence-corrected chi connectivity index (χ4v) is 4.61. The van der Waals surface area contributed by atoms with Gasteiger partial charge < -0.3 is 19.1 Å². The van der Waals surface area contributed by atoms with Crippen LogP contribution in [-0.2, 0) is 22.6 Å². The SMILES string of the molecule is COc1ccc(CN(Cc2cccnc2)C(=O)C2CCCCC2)cc1OCC1CCOC1. The van der Waals surface area contributed by atoms with E-state index in [4.69, 9.17) is 14.2 Å². The molecular formula is C26H34N2O4. The summed E-state index contributed by atoms with van der Waals surface area (Å²) in [4.78, 5) is 19.7. The van der Waals surface area contributed by atoms with Crippen molar-refractivity contribution in [1.82, 2.24) is 9.88 Å². The zero-order valence-corrected chi connectivity index (χ0v) is 19.0. The lowest BCUT2D eigenvalue weighted by Gasteiger charge is -2.30. The van der Waals surface area contributed by atoms with E-state index in [1.54, 1.807) is 13.3 Å². The second kappa shape index (κ2) is 11.3. The van der Waals surface area contributed by atoms with Gasteiger partial charge in [-0.05, 0) is 48.6 Å². The van der Waals surface area contributed by atoms with Gasteiger partial charge in [0.05, 0.1) is 20.3 Å². The molecule has 1 saturated carbocycles. The van der Waals surface area contributed by atoms with Crippen molar-refractivity contribution in [2.75, 3.05) is 26.9 Å². The highest BCUT2D eigenvalue weighted by Crippen LogP contribution is 2.31. The highest BCUT2D eigenvalue weighted by molar-refractivity contribution is 5.79. The number of carbonyl (C=O) groups is 1. The lowest BCUT2D eigenvalue weighted by Crippen LogP contribution is -2.36. The average molecular weight is 439 g/mol. The van der Waals surface area contributed by atoms with Gasteiger partial charge in [0.1, 0.15) is 0 Å². The van der Waals surface area contributed by atoms with Gasteiger partial charge in [-0.2, -0.15) is 0 Å². The van der Waals surface area contributed by atoms with Crippen molar-refractivity contribution in [2.45, 2.75) is 51.6 Å². The summed E-state index contributed by atoms with van der Waals surface area (Å²) in [6, 6.07) is 9.92. The zero-order valence-electron chi connectivity index (χ0n) is 19.0. The number of amides is 1. The summed E-state index contributed by atoms with van der Waals surface area (Å²) in [5.74, 6) is 2.22. The normalized spacial score (nSPS) is 19.0.